The van der Waals surface area contributed by atoms with Crippen molar-refractivity contribution >= 4 is 16.6 Å². The van der Waals surface area contributed by atoms with Crippen molar-refractivity contribution in [2.24, 2.45) is 0 Å². The van der Waals surface area contributed by atoms with Crippen LogP contribution in [0.3, 0.4) is 0 Å². The third-order valence-electron chi connectivity index (χ3n) is 3.84. The number of aryl methyl sites for hydroxylation is 2. The maximum atomic E-state index is 13.5. The Morgan fingerprint density at radius 3 is 2.58 bits per heavy atom. The molecular formula is C17H14FN3O3. The molecular weight excluding hydrogens is 313 g/mol. The number of fused-ring (bicyclic) bond motifs is 1. The predicted octanol–water partition coefficient (Wildman–Crippen LogP) is 3.38. The Morgan fingerprint density at radius 2 is 1.96 bits per heavy atom. The minimum Gasteiger partial charge on any atom is -0.268 e. The van der Waals surface area contributed by atoms with Crippen molar-refractivity contribution in [3.63, 3.8) is 0 Å². The Bertz CT molecular complexity index is 1030. The third kappa shape index (κ3) is 2.54. The number of hydrogen-bond donors (Lipinski definition) is 0. The summed E-state index contributed by atoms with van der Waals surface area (Å²) in [6.45, 7) is 2.81. The average Bonchev–Trinajstić information content (AvgIpc) is 2.55. The van der Waals surface area contributed by atoms with Gasteiger partial charge in [-0.1, -0.05) is 17.7 Å². The number of aromatic nitrogens is 2. The summed E-state index contributed by atoms with van der Waals surface area (Å²) in [6.07, 6.45) is 0. The molecule has 0 N–H and O–H groups in total. The fourth-order valence-corrected chi connectivity index (χ4v) is 2.73. The minimum atomic E-state index is -0.921. The van der Waals surface area contributed by atoms with E-state index in [1.165, 1.54) is 22.8 Å². The summed E-state index contributed by atoms with van der Waals surface area (Å²) in [6, 6.07) is 9.19. The Morgan fingerprint density at radius 1 is 1.21 bits per heavy atom. The topological polar surface area (TPSA) is 78.0 Å². The van der Waals surface area contributed by atoms with Gasteiger partial charge < -0.3 is 0 Å². The quantitative estimate of drug-likeness (QED) is 0.546. The van der Waals surface area contributed by atoms with E-state index in [1.54, 1.807) is 6.07 Å². The molecule has 0 radical (unpaired) electrons. The summed E-state index contributed by atoms with van der Waals surface area (Å²) in [5.41, 5.74) is 1.82. The van der Waals surface area contributed by atoms with E-state index in [4.69, 9.17) is 0 Å². The Kier molecular flexibility index (Phi) is 3.84. The van der Waals surface area contributed by atoms with Gasteiger partial charge in [0.05, 0.1) is 21.5 Å². The van der Waals surface area contributed by atoms with E-state index in [9.17, 15) is 19.3 Å². The summed E-state index contributed by atoms with van der Waals surface area (Å²) < 4.78 is 14.6. The zero-order valence-corrected chi connectivity index (χ0v) is 13.1. The lowest BCUT2D eigenvalue weighted by Gasteiger charge is -2.14. The zero-order chi connectivity index (χ0) is 17.4. The van der Waals surface area contributed by atoms with Crippen LogP contribution in [0.2, 0.25) is 0 Å². The molecule has 0 aliphatic heterocycles. The second kappa shape index (κ2) is 5.84. The first kappa shape index (κ1) is 15.8. The monoisotopic (exact) mass is 327 g/mol. The van der Waals surface area contributed by atoms with Crippen LogP contribution in [0.5, 0.6) is 0 Å². The molecule has 0 saturated heterocycles. The Hall–Kier alpha value is -3.09. The summed E-state index contributed by atoms with van der Waals surface area (Å²) >= 11 is 0. The van der Waals surface area contributed by atoms with Crippen molar-refractivity contribution in [2.45, 2.75) is 20.5 Å². The summed E-state index contributed by atoms with van der Waals surface area (Å²) in [7, 11) is 0. The molecule has 0 saturated carbocycles. The molecule has 2 aromatic carbocycles. The van der Waals surface area contributed by atoms with Crippen LogP contribution in [0.1, 0.15) is 17.0 Å². The van der Waals surface area contributed by atoms with E-state index in [-0.39, 0.29) is 22.4 Å². The van der Waals surface area contributed by atoms with Gasteiger partial charge in [0.15, 0.2) is 0 Å². The van der Waals surface area contributed by atoms with Gasteiger partial charge in [0, 0.05) is 12.1 Å². The molecule has 0 aliphatic carbocycles. The standard InChI is InChI=1S/C17H14FN3O3/c1-10-3-6-15(11(2)7-10)20-16(9-18)19-14-5-4-12(21(23)24)8-13(14)17(20)22/h3-8H,9H2,1-2H3. The molecule has 6 nitrogen and oxygen atoms in total. The van der Waals surface area contributed by atoms with Crippen LogP contribution in [0.25, 0.3) is 16.6 Å². The van der Waals surface area contributed by atoms with E-state index < -0.39 is 17.2 Å². The second-order valence-electron chi connectivity index (χ2n) is 5.55. The maximum Gasteiger partial charge on any atom is 0.270 e. The van der Waals surface area contributed by atoms with Crippen molar-refractivity contribution in [3.8, 4) is 5.69 Å². The van der Waals surface area contributed by atoms with Crippen LogP contribution >= 0.6 is 0 Å². The number of nitrogens with zero attached hydrogens (tertiary/aromatic N) is 3. The molecule has 24 heavy (non-hydrogen) atoms. The van der Waals surface area contributed by atoms with Crippen LogP contribution in [0.4, 0.5) is 10.1 Å². The largest absolute Gasteiger partial charge is 0.270 e. The lowest BCUT2D eigenvalue weighted by Crippen LogP contribution is -2.24. The number of alkyl halides is 1. The normalized spacial score (nSPS) is 11.0. The van der Waals surface area contributed by atoms with Gasteiger partial charge in [-0.25, -0.2) is 9.37 Å². The summed E-state index contributed by atoms with van der Waals surface area (Å²) in [4.78, 5) is 27.4. The lowest BCUT2D eigenvalue weighted by molar-refractivity contribution is -0.384. The van der Waals surface area contributed by atoms with Gasteiger partial charge in [0.25, 0.3) is 11.2 Å². The van der Waals surface area contributed by atoms with Crippen LogP contribution in [0.15, 0.2) is 41.2 Å². The molecule has 0 spiro atoms. The fourth-order valence-electron chi connectivity index (χ4n) is 2.73. The molecule has 0 unspecified atom stereocenters. The number of nitro benzene ring substituents is 1. The van der Waals surface area contributed by atoms with E-state index in [2.05, 4.69) is 4.98 Å². The highest BCUT2D eigenvalue weighted by Crippen LogP contribution is 2.21. The number of non-ortho nitro benzene ring substituents is 1. The number of hydrogen-bond acceptors (Lipinski definition) is 4. The van der Waals surface area contributed by atoms with Gasteiger partial charge in [-0.05, 0) is 31.5 Å². The zero-order valence-electron chi connectivity index (χ0n) is 13.1. The van der Waals surface area contributed by atoms with E-state index in [0.29, 0.717) is 5.69 Å². The van der Waals surface area contributed by atoms with Crippen molar-refractivity contribution in [1.82, 2.24) is 9.55 Å². The molecule has 0 atom stereocenters. The SMILES string of the molecule is Cc1ccc(-n2c(CF)nc3ccc([N+](=O)[O-])cc3c2=O)c(C)c1. The van der Waals surface area contributed by atoms with Gasteiger partial charge >= 0.3 is 0 Å². The van der Waals surface area contributed by atoms with Gasteiger partial charge in [-0.2, -0.15) is 0 Å². The van der Waals surface area contributed by atoms with Crippen molar-refractivity contribution < 1.29 is 9.31 Å². The Labute approximate surface area is 136 Å². The highest BCUT2D eigenvalue weighted by Gasteiger charge is 2.16. The average molecular weight is 327 g/mol. The molecule has 0 bridgehead atoms. The summed E-state index contributed by atoms with van der Waals surface area (Å²) in [5.74, 6) is -0.0340. The molecule has 3 aromatic rings. The van der Waals surface area contributed by atoms with Crippen molar-refractivity contribution in [2.75, 3.05) is 0 Å². The minimum absolute atomic E-state index is 0.0340. The first-order valence-corrected chi connectivity index (χ1v) is 7.26. The first-order chi connectivity index (χ1) is 11.4. The van der Waals surface area contributed by atoms with Gasteiger partial charge in [0.2, 0.25) is 0 Å². The third-order valence-corrected chi connectivity index (χ3v) is 3.84. The van der Waals surface area contributed by atoms with Gasteiger partial charge in [0.1, 0.15) is 12.5 Å². The molecule has 122 valence electrons. The maximum absolute atomic E-state index is 13.5. The van der Waals surface area contributed by atoms with Gasteiger partial charge in [-0.3, -0.25) is 19.5 Å². The van der Waals surface area contributed by atoms with Crippen LogP contribution < -0.4 is 5.56 Å². The fraction of sp³-hybridized carbons (Fsp3) is 0.176. The smallest absolute Gasteiger partial charge is 0.268 e. The van der Waals surface area contributed by atoms with Crippen LogP contribution in [-0.4, -0.2) is 14.5 Å². The molecule has 1 heterocycles. The number of benzene rings is 2. The van der Waals surface area contributed by atoms with E-state index >= 15 is 0 Å². The number of halogens is 1. The number of nitro groups is 1. The highest BCUT2D eigenvalue weighted by molar-refractivity contribution is 5.80. The van der Waals surface area contributed by atoms with Crippen LogP contribution in [0, 0.1) is 24.0 Å². The molecule has 0 fully saturated rings. The second-order valence-corrected chi connectivity index (χ2v) is 5.55. The molecule has 0 amide bonds. The van der Waals surface area contributed by atoms with E-state index in [1.807, 2.05) is 26.0 Å². The van der Waals surface area contributed by atoms with Crippen molar-refractivity contribution in [1.29, 1.82) is 0 Å². The number of rotatable bonds is 3. The summed E-state index contributed by atoms with van der Waals surface area (Å²) in [5, 5.41) is 11.0. The Balaban J connectivity index is 2.39. The molecule has 3 rings (SSSR count). The predicted molar refractivity (Wildman–Crippen MR) is 88.3 cm³/mol. The lowest BCUT2D eigenvalue weighted by atomic mass is 10.1. The van der Waals surface area contributed by atoms with E-state index in [0.717, 1.165) is 11.1 Å². The van der Waals surface area contributed by atoms with Crippen LogP contribution in [-0.2, 0) is 6.67 Å². The van der Waals surface area contributed by atoms with Crippen molar-refractivity contribution in [3.05, 3.63) is 73.8 Å². The molecule has 1 aromatic heterocycles. The first-order valence-electron chi connectivity index (χ1n) is 7.26. The molecule has 0 aliphatic rings. The van der Waals surface area contributed by atoms with Gasteiger partial charge in [-0.15, -0.1) is 0 Å². The molecule has 7 heteroatoms. The highest BCUT2D eigenvalue weighted by atomic mass is 19.1.